The van der Waals surface area contributed by atoms with Gasteiger partial charge in [-0.3, -0.25) is 4.79 Å². The Hall–Kier alpha value is -0.610. The molecule has 3 fully saturated rings. The van der Waals surface area contributed by atoms with E-state index in [0.717, 1.165) is 19.5 Å². The van der Waals surface area contributed by atoms with Gasteiger partial charge in [0.15, 0.2) is 0 Å². The lowest BCUT2D eigenvalue weighted by atomic mass is 9.82. The first kappa shape index (κ1) is 10.5. The van der Waals surface area contributed by atoms with Gasteiger partial charge in [0.25, 0.3) is 0 Å². The molecule has 0 aromatic carbocycles. The monoisotopic (exact) mass is 224 g/mol. The predicted octanol–water partition coefficient (Wildman–Crippen LogP) is 0.361. The predicted molar refractivity (Wildman–Crippen MR) is 59.7 cm³/mol. The van der Waals surface area contributed by atoms with Crippen LogP contribution >= 0.6 is 0 Å². The van der Waals surface area contributed by atoms with Crippen LogP contribution in [0, 0.1) is 11.8 Å². The Bertz CT molecular complexity index is 277. The van der Waals surface area contributed by atoms with E-state index in [1.54, 1.807) is 0 Å². The summed E-state index contributed by atoms with van der Waals surface area (Å²) >= 11 is 0. The highest BCUT2D eigenvalue weighted by atomic mass is 16.5. The number of rotatable bonds is 3. The Labute approximate surface area is 96.1 Å². The summed E-state index contributed by atoms with van der Waals surface area (Å²) in [4.78, 5) is 13.9. The molecule has 1 amide bonds. The van der Waals surface area contributed by atoms with Gasteiger partial charge in [0.1, 0.15) is 0 Å². The standard InChI is InChI=1S/C12H20N2O2/c13-5-1-2-12(15)14-6-8-9(7-14)11-4-3-10(8)16-11/h8-11H,1-7,13H2. The number of likely N-dealkylation sites (tertiary alicyclic amines) is 1. The number of nitrogens with two attached hydrogens (primary N) is 1. The van der Waals surface area contributed by atoms with Crippen molar-refractivity contribution in [2.24, 2.45) is 17.6 Å². The maximum atomic E-state index is 11.9. The lowest BCUT2D eigenvalue weighted by Crippen LogP contribution is -2.31. The summed E-state index contributed by atoms with van der Waals surface area (Å²) in [6.45, 7) is 2.46. The Morgan fingerprint density at radius 1 is 1.25 bits per heavy atom. The van der Waals surface area contributed by atoms with Crippen LogP contribution in [0.4, 0.5) is 0 Å². The van der Waals surface area contributed by atoms with E-state index in [4.69, 9.17) is 10.5 Å². The van der Waals surface area contributed by atoms with Gasteiger partial charge in [0, 0.05) is 31.3 Å². The van der Waals surface area contributed by atoms with E-state index >= 15 is 0 Å². The lowest BCUT2D eigenvalue weighted by Gasteiger charge is -2.18. The van der Waals surface area contributed by atoms with Gasteiger partial charge in [-0.15, -0.1) is 0 Å². The third-order valence-corrected chi connectivity index (χ3v) is 4.40. The highest BCUT2D eigenvalue weighted by Crippen LogP contribution is 2.47. The van der Waals surface area contributed by atoms with E-state index in [-0.39, 0.29) is 0 Å². The molecule has 0 spiro atoms. The summed E-state index contributed by atoms with van der Waals surface area (Å²) in [5.41, 5.74) is 5.43. The van der Waals surface area contributed by atoms with Crippen molar-refractivity contribution in [1.82, 2.24) is 4.90 Å². The van der Waals surface area contributed by atoms with Crippen molar-refractivity contribution < 1.29 is 9.53 Å². The molecule has 0 radical (unpaired) electrons. The maximum absolute atomic E-state index is 11.9. The fourth-order valence-corrected chi connectivity index (χ4v) is 3.57. The molecule has 0 aromatic rings. The molecule has 0 saturated carbocycles. The van der Waals surface area contributed by atoms with E-state index in [9.17, 15) is 4.79 Å². The van der Waals surface area contributed by atoms with Crippen LogP contribution in [0.2, 0.25) is 0 Å². The molecule has 0 aromatic heterocycles. The molecule has 4 nitrogen and oxygen atoms in total. The van der Waals surface area contributed by atoms with Crippen LogP contribution in [-0.2, 0) is 9.53 Å². The van der Waals surface area contributed by atoms with Gasteiger partial charge >= 0.3 is 0 Å². The number of carbonyl (C=O) groups excluding carboxylic acids is 1. The van der Waals surface area contributed by atoms with E-state index in [2.05, 4.69) is 0 Å². The molecule has 2 bridgehead atoms. The molecule has 4 heteroatoms. The molecule has 4 atom stereocenters. The average molecular weight is 224 g/mol. The number of carbonyl (C=O) groups is 1. The van der Waals surface area contributed by atoms with Crippen LogP contribution in [0.15, 0.2) is 0 Å². The second-order valence-electron chi connectivity index (χ2n) is 5.31. The smallest absolute Gasteiger partial charge is 0.222 e. The van der Waals surface area contributed by atoms with Crippen LogP contribution in [0.3, 0.4) is 0 Å². The van der Waals surface area contributed by atoms with E-state index in [0.29, 0.717) is 42.9 Å². The summed E-state index contributed by atoms with van der Waals surface area (Å²) < 4.78 is 5.89. The van der Waals surface area contributed by atoms with Gasteiger partial charge < -0.3 is 15.4 Å². The topological polar surface area (TPSA) is 55.6 Å². The van der Waals surface area contributed by atoms with Crippen LogP contribution in [-0.4, -0.2) is 42.6 Å². The van der Waals surface area contributed by atoms with Gasteiger partial charge in [0.2, 0.25) is 5.91 Å². The molecule has 3 aliphatic heterocycles. The van der Waals surface area contributed by atoms with Gasteiger partial charge in [-0.1, -0.05) is 0 Å². The number of nitrogens with zero attached hydrogens (tertiary/aromatic N) is 1. The second-order valence-corrected chi connectivity index (χ2v) is 5.31. The Morgan fingerprint density at radius 2 is 1.88 bits per heavy atom. The zero-order valence-electron chi connectivity index (χ0n) is 9.60. The quantitative estimate of drug-likeness (QED) is 0.753. The molecule has 3 aliphatic rings. The third-order valence-electron chi connectivity index (χ3n) is 4.40. The summed E-state index contributed by atoms with van der Waals surface area (Å²) in [5.74, 6) is 1.54. The van der Waals surface area contributed by atoms with Gasteiger partial charge in [0.05, 0.1) is 12.2 Å². The summed E-state index contributed by atoms with van der Waals surface area (Å²) in [5, 5.41) is 0. The first-order chi connectivity index (χ1) is 7.79. The van der Waals surface area contributed by atoms with Gasteiger partial charge in [-0.05, 0) is 25.8 Å². The SMILES string of the molecule is NCCCC(=O)N1CC2C3CCC(O3)C2C1. The van der Waals surface area contributed by atoms with E-state index in [1.807, 2.05) is 4.90 Å². The molecule has 3 rings (SSSR count). The number of hydrogen-bond acceptors (Lipinski definition) is 3. The number of amides is 1. The Morgan fingerprint density at radius 3 is 2.44 bits per heavy atom. The Kier molecular flexibility index (Phi) is 2.64. The van der Waals surface area contributed by atoms with Crippen LogP contribution in [0.25, 0.3) is 0 Å². The molecule has 4 unspecified atom stereocenters. The molecule has 3 saturated heterocycles. The normalized spacial score (nSPS) is 40.4. The van der Waals surface area contributed by atoms with E-state index < -0.39 is 0 Å². The zero-order chi connectivity index (χ0) is 11.1. The maximum Gasteiger partial charge on any atom is 0.222 e. The average Bonchev–Trinajstić information content (AvgIpc) is 2.95. The van der Waals surface area contributed by atoms with Crippen LogP contribution < -0.4 is 5.73 Å². The van der Waals surface area contributed by atoms with Crippen LogP contribution in [0.5, 0.6) is 0 Å². The highest BCUT2D eigenvalue weighted by molar-refractivity contribution is 5.76. The molecule has 3 heterocycles. The molecular formula is C12H20N2O2. The minimum atomic E-state index is 0.291. The zero-order valence-corrected chi connectivity index (χ0v) is 9.60. The third kappa shape index (κ3) is 1.55. The Balaban J connectivity index is 1.59. The first-order valence-corrected chi connectivity index (χ1v) is 6.43. The largest absolute Gasteiger partial charge is 0.374 e. The first-order valence-electron chi connectivity index (χ1n) is 6.43. The van der Waals surface area contributed by atoms with Crippen molar-refractivity contribution in [2.75, 3.05) is 19.6 Å². The summed E-state index contributed by atoms with van der Waals surface area (Å²) in [6, 6.07) is 0. The van der Waals surface area contributed by atoms with Gasteiger partial charge in [-0.2, -0.15) is 0 Å². The summed E-state index contributed by atoms with van der Waals surface area (Å²) in [6.07, 6.45) is 4.73. The van der Waals surface area contributed by atoms with Crippen molar-refractivity contribution in [3.05, 3.63) is 0 Å². The van der Waals surface area contributed by atoms with Crippen molar-refractivity contribution in [1.29, 1.82) is 0 Å². The number of ether oxygens (including phenoxy) is 1. The minimum Gasteiger partial charge on any atom is -0.374 e. The molecule has 0 aliphatic carbocycles. The van der Waals surface area contributed by atoms with Crippen molar-refractivity contribution in [3.63, 3.8) is 0 Å². The molecule has 16 heavy (non-hydrogen) atoms. The van der Waals surface area contributed by atoms with Crippen LogP contribution in [0.1, 0.15) is 25.7 Å². The fourth-order valence-electron chi connectivity index (χ4n) is 3.57. The van der Waals surface area contributed by atoms with Crippen molar-refractivity contribution >= 4 is 5.91 Å². The lowest BCUT2D eigenvalue weighted by molar-refractivity contribution is -0.131. The summed E-state index contributed by atoms with van der Waals surface area (Å²) in [7, 11) is 0. The second kappa shape index (κ2) is 4.00. The van der Waals surface area contributed by atoms with Crippen molar-refractivity contribution in [3.8, 4) is 0 Å². The fraction of sp³-hybridized carbons (Fsp3) is 0.917. The van der Waals surface area contributed by atoms with Crippen molar-refractivity contribution in [2.45, 2.75) is 37.9 Å². The van der Waals surface area contributed by atoms with Gasteiger partial charge in [-0.25, -0.2) is 0 Å². The highest BCUT2D eigenvalue weighted by Gasteiger charge is 2.53. The van der Waals surface area contributed by atoms with E-state index in [1.165, 1.54) is 12.8 Å². The number of hydrogen-bond donors (Lipinski definition) is 1. The molecule has 90 valence electrons. The minimum absolute atomic E-state index is 0.291. The molecular weight excluding hydrogens is 204 g/mol. The number of fused-ring (bicyclic) bond motifs is 5. The molecule has 2 N–H and O–H groups in total.